The molecule has 0 saturated heterocycles. The van der Waals surface area contributed by atoms with Crippen molar-refractivity contribution in [1.29, 1.82) is 0 Å². The standard InChI is InChI=1S/C18H26N2O4/c1-12-6-4-5-7-16(12)20-17(21)11-19-18(22)13-8-14(23-2)10-15(9-13)24-3/h8-10,12,16H,4-7,11H2,1-3H3,(H,19,22)(H,20,21)/t12-,16+/m1/s1. The SMILES string of the molecule is COc1cc(OC)cc(C(=O)NCC(=O)N[C@H]2CCCC[C@H]2C)c1. The highest BCUT2D eigenvalue weighted by molar-refractivity contribution is 5.97. The second-order valence-corrected chi connectivity index (χ2v) is 6.22. The first-order chi connectivity index (χ1) is 11.5. The monoisotopic (exact) mass is 334 g/mol. The third kappa shape index (κ3) is 4.88. The van der Waals surface area contributed by atoms with Gasteiger partial charge >= 0.3 is 0 Å². The number of hydrogen-bond acceptors (Lipinski definition) is 4. The number of ether oxygens (including phenoxy) is 2. The van der Waals surface area contributed by atoms with Gasteiger partial charge < -0.3 is 20.1 Å². The molecule has 1 aromatic carbocycles. The van der Waals surface area contributed by atoms with Gasteiger partial charge in [0, 0.05) is 17.7 Å². The number of rotatable bonds is 6. The molecule has 1 aliphatic carbocycles. The summed E-state index contributed by atoms with van der Waals surface area (Å²) >= 11 is 0. The summed E-state index contributed by atoms with van der Waals surface area (Å²) in [4.78, 5) is 24.3. The van der Waals surface area contributed by atoms with Gasteiger partial charge in [0.2, 0.25) is 5.91 Å². The summed E-state index contributed by atoms with van der Waals surface area (Å²) in [7, 11) is 3.05. The molecule has 24 heavy (non-hydrogen) atoms. The molecule has 6 heteroatoms. The van der Waals surface area contributed by atoms with E-state index in [1.54, 1.807) is 18.2 Å². The quantitative estimate of drug-likeness (QED) is 0.835. The maximum atomic E-state index is 12.2. The summed E-state index contributed by atoms with van der Waals surface area (Å²) in [5.74, 6) is 1.05. The van der Waals surface area contributed by atoms with Crippen molar-refractivity contribution in [3.05, 3.63) is 23.8 Å². The molecule has 1 fully saturated rings. The predicted molar refractivity (Wildman–Crippen MR) is 91.4 cm³/mol. The normalized spacial score (nSPS) is 20.1. The highest BCUT2D eigenvalue weighted by atomic mass is 16.5. The number of carbonyl (C=O) groups is 2. The molecule has 0 radical (unpaired) electrons. The minimum Gasteiger partial charge on any atom is -0.497 e. The van der Waals surface area contributed by atoms with Gasteiger partial charge in [0.1, 0.15) is 11.5 Å². The van der Waals surface area contributed by atoms with Gasteiger partial charge in [-0.3, -0.25) is 9.59 Å². The van der Waals surface area contributed by atoms with Gasteiger partial charge in [0.15, 0.2) is 0 Å². The van der Waals surface area contributed by atoms with E-state index < -0.39 is 0 Å². The largest absolute Gasteiger partial charge is 0.497 e. The zero-order valence-electron chi connectivity index (χ0n) is 14.6. The number of carbonyl (C=O) groups excluding carboxylic acids is 2. The molecule has 132 valence electrons. The van der Waals surface area contributed by atoms with Crippen LogP contribution >= 0.6 is 0 Å². The van der Waals surface area contributed by atoms with Crippen LogP contribution in [0.1, 0.15) is 43.0 Å². The summed E-state index contributed by atoms with van der Waals surface area (Å²) in [5, 5.41) is 5.66. The molecule has 0 unspecified atom stereocenters. The van der Waals surface area contributed by atoms with Gasteiger partial charge in [-0.15, -0.1) is 0 Å². The Morgan fingerprint density at radius 3 is 2.29 bits per heavy atom. The van der Waals surface area contributed by atoms with E-state index in [-0.39, 0.29) is 24.4 Å². The van der Waals surface area contributed by atoms with Crippen molar-refractivity contribution in [3.8, 4) is 11.5 Å². The lowest BCUT2D eigenvalue weighted by atomic mass is 9.86. The Bertz CT molecular complexity index is 566. The molecule has 2 N–H and O–H groups in total. The Morgan fingerprint density at radius 1 is 1.08 bits per heavy atom. The van der Waals surface area contributed by atoms with Gasteiger partial charge in [0.05, 0.1) is 20.8 Å². The highest BCUT2D eigenvalue weighted by Gasteiger charge is 2.22. The van der Waals surface area contributed by atoms with Crippen molar-refractivity contribution in [2.75, 3.05) is 20.8 Å². The summed E-state index contributed by atoms with van der Waals surface area (Å²) in [6, 6.07) is 5.12. The summed E-state index contributed by atoms with van der Waals surface area (Å²) < 4.78 is 10.3. The summed E-state index contributed by atoms with van der Waals surface area (Å²) in [6.45, 7) is 2.12. The van der Waals surface area contributed by atoms with E-state index in [0.717, 1.165) is 19.3 Å². The Morgan fingerprint density at radius 2 is 1.71 bits per heavy atom. The van der Waals surface area contributed by atoms with E-state index in [2.05, 4.69) is 17.6 Å². The summed E-state index contributed by atoms with van der Waals surface area (Å²) in [5.41, 5.74) is 0.394. The number of benzene rings is 1. The maximum Gasteiger partial charge on any atom is 0.251 e. The highest BCUT2D eigenvalue weighted by Crippen LogP contribution is 2.24. The Hall–Kier alpha value is -2.24. The molecule has 2 amide bonds. The number of amides is 2. The van der Waals surface area contributed by atoms with Gasteiger partial charge in [-0.25, -0.2) is 0 Å². The molecule has 0 aromatic heterocycles. The average molecular weight is 334 g/mol. The smallest absolute Gasteiger partial charge is 0.251 e. The van der Waals surface area contributed by atoms with E-state index >= 15 is 0 Å². The van der Waals surface area contributed by atoms with Crippen LogP contribution in [0.15, 0.2) is 18.2 Å². The van der Waals surface area contributed by atoms with Crippen LogP contribution in [-0.2, 0) is 4.79 Å². The van der Waals surface area contributed by atoms with Crippen LogP contribution in [0.3, 0.4) is 0 Å². The van der Waals surface area contributed by atoms with Gasteiger partial charge in [-0.1, -0.05) is 19.8 Å². The molecule has 0 bridgehead atoms. The van der Waals surface area contributed by atoms with E-state index in [0.29, 0.717) is 23.0 Å². The number of nitrogens with one attached hydrogen (secondary N) is 2. The van der Waals surface area contributed by atoms with Crippen LogP contribution in [0, 0.1) is 5.92 Å². The lowest BCUT2D eigenvalue weighted by molar-refractivity contribution is -0.121. The third-order valence-corrected chi connectivity index (χ3v) is 4.48. The van der Waals surface area contributed by atoms with Crippen LogP contribution in [0.2, 0.25) is 0 Å². The maximum absolute atomic E-state index is 12.2. The molecular weight excluding hydrogens is 308 g/mol. The first-order valence-electron chi connectivity index (χ1n) is 8.34. The average Bonchev–Trinajstić information content (AvgIpc) is 2.61. The fourth-order valence-electron chi connectivity index (χ4n) is 2.99. The predicted octanol–water partition coefficient (Wildman–Crippen LogP) is 2.13. The first-order valence-corrected chi connectivity index (χ1v) is 8.34. The van der Waals surface area contributed by atoms with Crippen molar-refractivity contribution in [2.45, 2.75) is 38.6 Å². The van der Waals surface area contributed by atoms with Crippen LogP contribution in [0.5, 0.6) is 11.5 Å². The van der Waals surface area contributed by atoms with Gasteiger partial charge in [0.25, 0.3) is 5.91 Å². The molecular formula is C18H26N2O4. The number of methoxy groups -OCH3 is 2. The molecule has 0 aliphatic heterocycles. The van der Waals surface area contributed by atoms with E-state index in [4.69, 9.17) is 9.47 Å². The second kappa shape index (κ2) is 8.57. The van der Waals surface area contributed by atoms with Gasteiger partial charge in [-0.05, 0) is 30.9 Å². The molecule has 0 heterocycles. The fraction of sp³-hybridized carbons (Fsp3) is 0.556. The molecule has 1 saturated carbocycles. The number of hydrogen-bond donors (Lipinski definition) is 2. The van der Waals surface area contributed by atoms with E-state index in [9.17, 15) is 9.59 Å². The second-order valence-electron chi connectivity index (χ2n) is 6.22. The van der Waals surface area contributed by atoms with Crippen LogP contribution in [0.25, 0.3) is 0 Å². The molecule has 0 spiro atoms. The van der Waals surface area contributed by atoms with Crippen LogP contribution in [-0.4, -0.2) is 38.6 Å². The van der Waals surface area contributed by atoms with Crippen molar-refractivity contribution < 1.29 is 19.1 Å². The van der Waals surface area contributed by atoms with Crippen LogP contribution in [0.4, 0.5) is 0 Å². The minimum atomic E-state index is -0.334. The third-order valence-electron chi connectivity index (χ3n) is 4.48. The molecule has 1 aromatic rings. The molecule has 2 atom stereocenters. The van der Waals surface area contributed by atoms with Crippen molar-refractivity contribution >= 4 is 11.8 Å². The fourth-order valence-corrected chi connectivity index (χ4v) is 2.99. The first kappa shape index (κ1) is 18.1. The Balaban J connectivity index is 1.89. The topological polar surface area (TPSA) is 76.7 Å². The summed E-state index contributed by atoms with van der Waals surface area (Å²) in [6.07, 6.45) is 4.52. The molecule has 1 aliphatic rings. The minimum absolute atomic E-state index is 0.0401. The molecule has 2 rings (SSSR count). The lowest BCUT2D eigenvalue weighted by Crippen LogP contribution is -2.45. The Labute approximate surface area is 142 Å². The van der Waals surface area contributed by atoms with Crippen molar-refractivity contribution in [3.63, 3.8) is 0 Å². The molecule has 6 nitrogen and oxygen atoms in total. The zero-order valence-corrected chi connectivity index (χ0v) is 14.6. The van der Waals surface area contributed by atoms with E-state index in [1.807, 2.05) is 0 Å². The van der Waals surface area contributed by atoms with Crippen molar-refractivity contribution in [2.24, 2.45) is 5.92 Å². The van der Waals surface area contributed by atoms with E-state index in [1.165, 1.54) is 20.6 Å². The van der Waals surface area contributed by atoms with Crippen molar-refractivity contribution in [1.82, 2.24) is 10.6 Å². The van der Waals surface area contributed by atoms with Gasteiger partial charge in [-0.2, -0.15) is 0 Å². The Kier molecular flexibility index (Phi) is 6.46. The zero-order chi connectivity index (χ0) is 17.5. The lowest BCUT2D eigenvalue weighted by Gasteiger charge is -2.29. The van der Waals surface area contributed by atoms with Crippen LogP contribution < -0.4 is 20.1 Å².